The van der Waals surface area contributed by atoms with Crippen molar-refractivity contribution >= 4 is 11.6 Å². The molecule has 1 aromatic heterocycles. The zero-order valence-corrected chi connectivity index (χ0v) is 10.2. The van der Waals surface area contributed by atoms with Crippen molar-refractivity contribution in [2.45, 2.75) is 20.3 Å². The quantitative estimate of drug-likeness (QED) is 0.827. The van der Waals surface area contributed by atoms with E-state index in [1.54, 1.807) is 17.2 Å². The van der Waals surface area contributed by atoms with E-state index < -0.39 is 0 Å². The molecule has 0 aromatic carbocycles. The Morgan fingerprint density at radius 1 is 1.44 bits per heavy atom. The molecule has 0 saturated heterocycles. The Bertz CT molecular complexity index is 335. The second kappa shape index (κ2) is 6.10. The van der Waals surface area contributed by atoms with Crippen molar-refractivity contribution in [1.82, 2.24) is 9.88 Å². The van der Waals surface area contributed by atoms with E-state index in [-0.39, 0.29) is 5.91 Å². The Hall–Kier alpha value is -1.58. The summed E-state index contributed by atoms with van der Waals surface area (Å²) < 4.78 is 0. The summed E-state index contributed by atoms with van der Waals surface area (Å²) in [5.41, 5.74) is 1.42. The van der Waals surface area contributed by atoms with Crippen molar-refractivity contribution in [1.29, 1.82) is 0 Å². The van der Waals surface area contributed by atoms with Crippen LogP contribution < -0.4 is 5.32 Å². The average molecular weight is 221 g/mol. The van der Waals surface area contributed by atoms with Crippen LogP contribution in [0.4, 0.5) is 5.69 Å². The first-order chi connectivity index (χ1) is 7.72. The summed E-state index contributed by atoms with van der Waals surface area (Å²) in [4.78, 5) is 18.0. The lowest BCUT2D eigenvalue weighted by Gasteiger charge is -2.19. The zero-order valence-electron chi connectivity index (χ0n) is 10.2. The van der Waals surface area contributed by atoms with Gasteiger partial charge >= 0.3 is 0 Å². The average Bonchev–Trinajstić information content (AvgIpc) is 2.35. The number of nitrogens with zero attached hydrogens (tertiary/aromatic N) is 2. The SMILES string of the molecule is CCCN(CC)C(=O)c1ccc(NC)cn1. The molecule has 0 aliphatic carbocycles. The Labute approximate surface area is 96.7 Å². The molecule has 4 heteroatoms. The second-order valence-electron chi connectivity index (χ2n) is 3.57. The summed E-state index contributed by atoms with van der Waals surface area (Å²) in [6.07, 6.45) is 2.64. The van der Waals surface area contributed by atoms with Crippen LogP contribution in [0.2, 0.25) is 0 Å². The molecule has 16 heavy (non-hydrogen) atoms. The number of amides is 1. The summed E-state index contributed by atoms with van der Waals surface area (Å²) in [6.45, 7) is 5.55. The standard InChI is InChI=1S/C12H19N3O/c1-4-8-15(5-2)12(16)11-7-6-10(13-3)9-14-11/h6-7,9,13H,4-5,8H2,1-3H3. The van der Waals surface area contributed by atoms with Gasteiger partial charge in [-0.3, -0.25) is 4.79 Å². The van der Waals surface area contributed by atoms with Crippen LogP contribution in [0.5, 0.6) is 0 Å². The fourth-order valence-electron chi connectivity index (χ4n) is 1.50. The van der Waals surface area contributed by atoms with Gasteiger partial charge in [-0.25, -0.2) is 4.98 Å². The lowest BCUT2D eigenvalue weighted by molar-refractivity contribution is 0.0758. The van der Waals surface area contributed by atoms with Gasteiger partial charge < -0.3 is 10.2 Å². The van der Waals surface area contributed by atoms with Crippen LogP contribution in [-0.2, 0) is 0 Å². The number of hydrogen-bond acceptors (Lipinski definition) is 3. The molecule has 0 spiro atoms. The van der Waals surface area contributed by atoms with Gasteiger partial charge in [0.05, 0.1) is 11.9 Å². The van der Waals surface area contributed by atoms with Crippen LogP contribution in [0, 0.1) is 0 Å². The predicted octanol–water partition coefficient (Wildman–Crippen LogP) is 2.00. The van der Waals surface area contributed by atoms with E-state index in [9.17, 15) is 4.79 Å². The summed E-state index contributed by atoms with van der Waals surface area (Å²) in [7, 11) is 1.83. The normalized spacial score (nSPS) is 9.94. The van der Waals surface area contributed by atoms with Gasteiger partial charge in [0, 0.05) is 20.1 Å². The maximum atomic E-state index is 12.0. The second-order valence-corrected chi connectivity index (χ2v) is 3.57. The molecule has 0 saturated carbocycles. The van der Waals surface area contributed by atoms with Crippen LogP contribution in [-0.4, -0.2) is 35.9 Å². The molecule has 1 aromatic rings. The predicted molar refractivity (Wildman–Crippen MR) is 65.7 cm³/mol. The van der Waals surface area contributed by atoms with E-state index in [1.807, 2.05) is 20.0 Å². The maximum absolute atomic E-state index is 12.0. The minimum atomic E-state index is 0.00648. The van der Waals surface area contributed by atoms with Gasteiger partial charge in [0.25, 0.3) is 5.91 Å². The first-order valence-electron chi connectivity index (χ1n) is 5.66. The van der Waals surface area contributed by atoms with E-state index in [0.29, 0.717) is 5.69 Å². The molecule has 0 radical (unpaired) electrons. The minimum Gasteiger partial charge on any atom is -0.387 e. The largest absolute Gasteiger partial charge is 0.387 e. The van der Waals surface area contributed by atoms with Gasteiger partial charge in [-0.2, -0.15) is 0 Å². The summed E-state index contributed by atoms with van der Waals surface area (Å²) in [5.74, 6) is 0.00648. The number of anilines is 1. The van der Waals surface area contributed by atoms with Crippen LogP contribution in [0.15, 0.2) is 18.3 Å². The monoisotopic (exact) mass is 221 g/mol. The van der Waals surface area contributed by atoms with E-state index >= 15 is 0 Å². The van der Waals surface area contributed by atoms with Crippen LogP contribution in [0.1, 0.15) is 30.8 Å². The number of hydrogen-bond donors (Lipinski definition) is 1. The van der Waals surface area contributed by atoms with E-state index in [1.165, 1.54) is 0 Å². The van der Waals surface area contributed by atoms with Gasteiger partial charge in [0.1, 0.15) is 5.69 Å². The van der Waals surface area contributed by atoms with Crippen molar-refractivity contribution in [3.05, 3.63) is 24.0 Å². The third-order valence-electron chi connectivity index (χ3n) is 2.43. The van der Waals surface area contributed by atoms with Gasteiger partial charge in [-0.1, -0.05) is 6.92 Å². The Balaban J connectivity index is 2.78. The highest BCUT2D eigenvalue weighted by Crippen LogP contribution is 2.07. The number of nitrogens with one attached hydrogen (secondary N) is 1. The molecule has 1 rings (SSSR count). The number of aromatic nitrogens is 1. The number of pyridine rings is 1. The summed E-state index contributed by atoms with van der Waals surface area (Å²) in [5, 5.41) is 2.97. The van der Waals surface area contributed by atoms with Crippen LogP contribution >= 0.6 is 0 Å². The van der Waals surface area contributed by atoms with Crippen molar-refractivity contribution < 1.29 is 4.79 Å². The molecule has 0 atom stereocenters. The molecular formula is C12H19N3O. The van der Waals surface area contributed by atoms with Crippen molar-refractivity contribution in [3.63, 3.8) is 0 Å². The first-order valence-corrected chi connectivity index (χ1v) is 5.66. The van der Waals surface area contributed by atoms with E-state index in [2.05, 4.69) is 17.2 Å². The minimum absolute atomic E-state index is 0.00648. The topological polar surface area (TPSA) is 45.2 Å². The first kappa shape index (κ1) is 12.5. The van der Waals surface area contributed by atoms with Crippen molar-refractivity contribution in [2.75, 3.05) is 25.5 Å². The molecule has 0 fully saturated rings. The number of carbonyl (C=O) groups excluding carboxylic acids is 1. The Morgan fingerprint density at radius 2 is 2.19 bits per heavy atom. The molecule has 88 valence electrons. The molecular weight excluding hydrogens is 202 g/mol. The molecule has 1 amide bonds. The summed E-state index contributed by atoms with van der Waals surface area (Å²) in [6, 6.07) is 3.62. The highest BCUT2D eigenvalue weighted by atomic mass is 16.2. The molecule has 0 bridgehead atoms. The molecule has 0 unspecified atom stereocenters. The number of carbonyl (C=O) groups is 1. The fraction of sp³-hybridized carbons (Fsp3) is 0.500. The Morgan fingerprint density at radius 3 is 2.62 bits per heavy atom. The number of rotatable bonds is 5. The highest BCUT2D eigenvalue weighted by Gasteiger charge is 2.13. The van der Waals surface area contributed by atoms with Gasteiger partial charge in [0.15, 0.2) is 0 Å². The molecule has 1 heterocycles. The zero-order chi connectivity index (χ0) is 12.0. The van der Waals surface area contributed by atoms with Crippen molar-refractivity contribution in [3.8, 4) is 0 Å². The van der Waals surface area contributed by atoms with Crippen LogP contribution in [0.25, 0.3) is 0 Å². The van der Waals surface area contributed by atoms with Gasteiger partial charge in [-0.15, -0.1) is 0 Å². The molecule has 0 aliphatic heterocycles. The molecule has 1 N–H and O–H groups in total. The van der Waals surface area contributed by atoms with Crippen molar-refractivity contribution in [2.24, 2.45) is 0 Å². The molecule has 0 aliphatic rings. The molecule has 4 nitrogen and oxygen atoms in total. The third-order valence-corrected chi connectivity index (χ3v) is 2.43. The highest BCUT2D eigenvalue weighted by molar-refractivity contribution is 5.92. The maximum Gasteiger partial charge on any atom is 0.272 e. The summed E-state index contributed by atoms with van der Waals surface area (Å²) >= 11 is 0. The Kier molecular flexibility index (Phi) is 4.76. The lowest BCUT2D eigenvalue weighted by Crippen LogP contribution is -2.32. The van der Waals surface area contributed by atoms with E-state index in [4.69, 9.17) is 0 Å². The third kappa shape index (κ3) is 2.95. The smallest absolute Gasteiger partial charge is 0.272 e. The van der Waals surface area contributed by atoms with Crippen LogP contribution in [0.3, 0.4) is 0 Å². The fourth-order valence-corrected chi connectivity index (χ4v) is 1.50. The van der Waals surface area contributed by atoms with Gasteiger partial charge in [0.2, 0.25) is 0 Å². The van der Waals surface area contributed by atoms with E-state index in [0.717, 1.165) is 25.2 Å². The van der Waals surface area contributed by atoms with Gasteiger partial charge in [-0.05, 0) is 25.5 Å². The lowest BCUT2D eigenvalue weighted by atomic mass is 10.3.